The molecule has 0 N–H and O–H groups in total. The van der Waals surface area contributed by atoms with Crippen LogP contribution in [0.2, 0.25) is 0 Å². The van der Waals surface area contributed by atoms with Crippen LogP contribution < -0.4 is 9.47 Å². The highest BCUT2D eigenvalue weighted by molar-refractivity contribution is 5.79. The summed E-state index contributed by atoms with van der Waals surface area (Å²) in [7, 11) is 0. The lowest BCUT2D eigenvalue weighted by molar-refractivity contribution is -0.131. The number of aromatic nitrogens is 1. The molecule has 6 nitrogen and oxygen atoms in total. The topological polar surface area (TPSA) is 64.8 Å². The molecule has 1 aromatic heterocycles. The van der Waals surface area contributed by atoms with Gasteiger partial charge in [-0.2, -0.15) is 0 Å². The highest BCUT2D eigenvalue weighted by atomic mass is 16.5. The van der Waals surface area contributed by atoms with Crippen LogP contribution in [0.1, 0.15) is 36.4 Å². The van der Waals surface area contributed by atoms with E-state index in [4.69, 9.17) is 13.9 Å². The van der Waals surface area contributed by atoms with Crippen LogP contribution in [-0.2, 0) is 24.2 Å². The lowest BCUT2D eigenvalue weighted by Gasteiger charge is -2.29. The first-order valence-electron chi connectivity index (χ1n) is 10.8. The molecule has 0 aliphatic carbocycles. The zero-order chi connectivity index (χ0) is 21.8. The van der Waals surface area contributed by atoms with E-state index >= 15 is 0 Å². The van der Waals surface area contributed by atoms with Crippen molar-refractivity contribution in [2.45, 2.75) is 40.2 Å². The van der Waals surface area contributed by atoms with E-state index < -0.39 is 0 Å². The summed E-state index contributed by atoms with van der Waals surface area (Å²) < 4.78 is 17.3. The van der Waals surface area contributed by atoms with Crippen LogP contribution in [0.25, 0.3) is 11.5 Å². The number of fused-ring (bicyclic) bond motifs is 1. The van der Waals surface area contributed by atoms with Crippen molar-refractivity contribution < 1.29 is 18.7 Å². The second-order valence-electron chi connectivity index (χ2n) is 7.56. The fourth-order valence-electron chi connectivity index (χ4n) is 3.86. The van der Waals surface area contributed by atoms with E-state index in [9.17, 15) is 4.79 Å². The summed E-state index contributed by atoms with van der Waals surface area (Å²) in [5.41, 5.74) is 3.91. The molecule has 162 valence electrons. The predicted octanol–water partition coefficient (Wildman–Crippen LogP) is 4.57. The second-order valence-corrected chi connectivity index (χ2v) is 7.56. The standard InChI is InChI=1S/C25H28N2O4/c1-4-29-22-13-19-11-12-27(16-20(19)14-23(22)30-5-2)24(28)15-21-17(3)31-25(26-21)18-9-7-6-8-10-18/h6-10,13-14H,4-5,11-12,15-16H2,1-3H3. The molecule has 0 saturated heterocycles. The first kappa shape index (κ1) is 21.0. The summed E-state index contributed by atoms with van der Waals surface area (Å²) in [5, 5.41) is 0. The van der Waals surface area contributed by atoms with Gasteiger partial charge in [-0.25, -0.2) is 4.98 Å². The third-order valence-electron chi connectivity index (χ3n) is 5.46. The zero-order valence-corrected chi connectivity index (χ0v) is 18.3. The maximum absolute atomic E-state index is 13.0. The first-order chi connectivity index (χ1) is 15.1. The van der Waals surface area contributed by atoms with E-state index in [0.717, 1.165) is 29.0 Å². The van der Waals surface area contributed by atoms with E-state index in [2.05, 4.69) is 11.1 Å². The van der Waals surface area contributed by atoms with Crippen LogP contribution in [0.5, 0.6) is 11.5 Å². The molecule has 1 aliphatic heterocycles. The molecular formula is C25H28N2O4. The van der Waals surface area contributed by atoms with Crippen LogP contribution in [0.3, 0.4) is 0 Å². The molecule has 2 heterocycles. The molecule has 0 saturated carbocycles. The van der Waals surface area contributed by atoms with Crippen LogP contribution in [0.4, 0.5) is 0 Å². The average Bonchev–Trinajstić information content (AvgIpc) is 3.15. The van der Waals surface area contributed by atoms with Crippen molar-refractivity contribution in [1.29, 1.82) is 0 Å². The minimum Gasteiger partial charge on any atom is -0.490 e. The van der Waals surface area contributed by atoms with Crippen LogP contribution in [0, 0.1) is 6.92 Å². The molecule has 0 atom stereocenters. The molecule has 0 fully saturated rings. The number of carbonyl (C=O) groups is 1. The summed E-state index contributed by atoms with van der Waals surface area (Å²) in [6, 6.07) is 13.8. The van der Waals surface area contributed by atoms with Gasteiger partial charge in [0.1, 0.15) is 5.76 Å². The van der Waals surface area contributed by atoms with Crippen LogP contribution in [-0.4, -0.2) is 35.5 Å². The lowest BCUT2D eigenvalue weighted by Crippen LogP contribution is -2.37. The van der Waals surface area contributed by atoms with Gasteiger partial charge in [0.25, 0.3) is 0 Å². The number of benzene rings is 2. The highest BCUT2D eigenvalue weighted by Gasteiger charge is 2.25. The van der Waals surface area contributed by atoms with Crippen LogP contribution >= 0.6 is 0 Å². The van der Waals surface area contributed by atoms with Gasteiger partial charge in [-0.1, -0.05) is 18.2 Å². The van der Waals surface area contributed by atoms with E-state index in [0.29, 0.717) is 43.6 Å². The van der Waals surface area contributed by atoms with Crippen molar-refractivity contribution >= 4 is 5.91 Å². The lowest BCUT2D eigenvalue weighted by atomic mass is 9.98. The van der Waals surface area contributed by atoms with Crippen molar-refractivity contribution in [1.82, 2.24) is 9.88 Å². The van der Waals surface area contributed by atoms with Crippen molar-refractivity contribution in [2.24, 2.45) is 0 Å². The van der Waals surface area contributed by atoms with Gasteiger partial charge in [0.2, 0.25) is 11.8 Å². The Hall–Kier alpha value is -3.28. The number of nitrogens with zero attached hydrogens (tertiary/aromatic N) is 2. The molecule has 3 aromatic rings. The molecule has 0 unspecified atom stereocenters. The van der Waals surface area contributed by atoms with Gasteiger partial charge < -0.3 is 18.8 Å². The Kier molecular flexibility index (Phi) is 6.26. The Balaban J connectivity index is 1.49. The third-order valence-corrected chi connectivity index (χ3v) is 5.46. The Morgan fingerprint density at radius 2 is 1.74 bits per heavy atom. The summed E-state index contributed by atoms with van der Waals surface area (Å²) in [6.07, 6.45) is 1.02. The number of carbonyl (C=O) groups excluding carboxylic acids is 1. The summed E-state index contributed by atoms with van der Waals surface area (Å²) in [6.45, 7) is 8.16. The van der Waals surface area contributed by atoms with Gasteiger partial charge in [-0.3, -0.25) is 4.79 Å². The van der Waals surface area contributed by atoms with E-state index in [1.54, 1.807) is 0 Å². The van der Waals surface area contributed by atoms with Gasteiger partial charge >= 0.3 is 0 Å². The highest BCUT2D eigenvalue weighted by Crippen LogP contribution is 2.34. The molecular weight excluding hydrogens is 392 g/mol. The van der Waals surface area contributed by atoms with Crippen LogP contribution in [0.15, 0.2) is 46.9 Å². The predicted molar refractivity (Wildman–Crippen MR) is 118 cm³/mol. The minimum atomic E-state index is 0.0495. The molecule has 2 aromatic carbocycles. The van der Waals surface area contributed by atoms with Gasteiger partial charge in [0, 0.05) is 18.7 Å². The number of hydrogen-bond acceptors (Lipinski definition) is 5. The summed E-state index contributed by atoms with van der Waals surface area (Å²) in [4.78, 5) is 19.5. The quantitative estimate of drug-likeness (QED) is 0.560. The number of amides is 1. The van der Waals surface area contributed by atoms with Gasteiger partial charge in [-0.05, 0) is 62.6 Å². The van der Waals surface area contributed by atoms with Gasteiger partial charge in [-0.15, -0.1) is 0 Å². The SMILES string of the molecule is CCOc1cc2c(cc1OCC)CN(C(=O)Cc1nc(-c3ccccc3)oc1C)CC2. The number of aryl methyl sites for hydroxylation is 1. The summed E-state index contributed by atoms with van der Waals surface area (Å²) >= 11 is 0. The average molecular weight is 421 g/mol. The smallest absolute Gasteiger partial charge is 0.229 e. The van der Waals surface area contributed by atoms with E-state index in [1.807, 2.05) is 62.1 Å². The molecule has 1 aliphatic rings. The molecule has 0 radical (unpaired) electrons. The summed E-state index contributed by atoms with van der Waals surface area (Å²) in [5.74, 6) is 2.79. The van der Waals surface area contributed by atoms with Gasteiger partial charge in [0.15, 0.2) is 11.5 Å². The first-order valence-corrected chi connectivity index (χ1v) is 10.8. The number of ether oxygens (including phenoxy) is 2. The normalized spacial score (nSPS) is 13.1. The molecule has 0 spiro atoms. The molecule has 1 amide bonds. The van der Waals surface area contributed by atoms with Gasteiger partial charge in [0.05, 0.1) is 25.3 Å². The van der Waals surface area contributed by atoms with E-state index in [1.165, 1.54) is 5.56 Å². The Morgan fingerprint density at radius 3 is 2.42 bits per heavy atom. The molecule has 0 bridgehead atoms. The Bertz CT molecular complexity index is 1060. The fraction of sp³-hybridized carbons (Fsp3) is 0.360. The third kappa shape index (κ3) is 4.58. The van der Waals surface area contributed by atoms with E-state index in [-0.39, 0.29) is 12.3 Å². The van der Waals surface area contributed by atoms with Crippen molar-refractivity contribution in [3.05, 3.63) is 65.0 Å². The maximum atomic E-state index is 13.0. The monoisotopic (exact) mass is 420 g/mol. The van der Waals surface area contributed by atoms with Crippen molar-refractivity contribution in [2.75, 3.05) is 19.8 Å². The molecule has 4 rings (SSSR count). The number of hydrogen-bond donors (Lipinski definition) is 0. The second kappa shape index (κ2) is 9.25. The van der Waals surface area contributed by atoms with Crippen molar-refractivity contribution in [3.63, 3.8) is 0 Å². The Labute approximate surface area is 182 Å². The maximum Gasteiger partial charge on any atom is 0.229 e. The molecule has 6 heteroatoms. The molecule has 31 heavy (non-hydrogen) atoms. The van der Waals surface area contributed by atoms with Crippen molar-refractivity contribution in [3.8, 4) is 23.0 Å². The fourth-order valence-corrected chi connectivity index (χ4v) is 3.86. The zero-order valence-electron chi connectivity index (χ0n) is 18.3. The number of oxazole rings is 1. The number of rotatable bonds is 7. The largest absolute Gasteiger partial charge is 0.490 e. The Morgan fingerprint density at radius 1 is 1.06 bits per heavy atom. The minimum absolute atomic E-state index is 0.0495.